The molecule has 0 aromatic heterocycles. The van der Waals surface area contributed by atoms with Crippen molar-refractivity contribution in [2.24, 2.45) is 0 Å². The van der Waals surface area contributed by atoms with Crippen LogP contribution in [-0.4, -0.2) is 16.8 Å². The Morgan fingerprint density at radius 1 is 1.37 bits per heavy atom. The Morgan fingerprint density at radius 3 is 2.32 bits per heavy atom. The van der Waals surface area contributed by atoms with Gasteiger partial charge < -0.3 is 5.11 Å². The van der Waals surface area contributed by atoms with Crippen molar-refractivity contribution in [1.29, 1.82) is 0 Å². The van der Waals surface area contributed by atoms with E-state index in [1.54, 1.807) is 0 Å². The van der Waals surface area contributed by atoms with Gasteiger partial charge in [0, 0.05) is 17.0 Å². The zero-order chi connectivity index (χ0) is 15.0. The molecular formula is C11H8BrF5O2. The molecule has 1 aromatic carbocycles. The van der Waals surface area contributed by atoms with E-state index in [1.165, 1.54) is 0 Å². The average Bonchev–Trinajstić information content (AvgIpc) is 2.27. The predicted molar refractivity (Wildman–Crippen MR) is 59.6 cm³/mol. The van der Waals surface area contributed by atoms with Gasteiger partial charge in [-0.15, -0.1) is 0 Å². The molecule has 0 aliphatic heterocycles. The van der Waals surface area contributed by atoms with E-state index in [0.717, 1.165) is 0 Å². The number of Topliss-reactive ketones (excluding diaryl/α,β-unsaturated/α-hetero) is 1. The smallest absolute Gasteiger partial charge is 0.334 e. The summed E-state index contributed by atoms with van der Waals surface area (Å²) in [4.78, 5) is 10.7. The molecule has 1 rings (SSSR count). The van der Waals surface area contributed by atoms with Crippen molar-refractivity contribution in [3.8, 4) is 0 Å². The third kappa shape index (κ3) is 2.94. The van der Waals surface area contributed by atoms with E-state index in [-0.39, 0.29) is 0 Å². The molecule has 0 aliphatic rings. The SMILES string of the molecule is CC(=O)C(F)(F)C(O)c1ccc(F)c(C(F)F)c1Br. The summed E-state index contributed by atoms with van der Waals surface area (Å²) in [5, 5.41) is 9.43. The van der Waals surface area contributed by atoms with Crippen molar-refractivity contribution in [3.63, 3.8) is 0 Å². The number of halogens is 6. The first-order valence-corrected chi connectivity index (χ1v) is 5.72. The summed E-state index contributed by atoms with van der Waals surface area (Å²) in [5.74, 6) is -7.08. The zero-order valence-electron chi connectivity index (χ0n) is 9.43. The van der Waals surface area contributed by atoms with Gasteiger partial charge in [-0.2, -0.15) is 8.78 Å². The van der Waals surface area contributed by atoms with Crippen LogP contribution >= 0.6 is 15.9 Å². The van der Waals surface area contributed by atoms with Crippen molar-refractivity contribution >= 4 is 21.7 Å². The van der Waals surface area contributed by atoms with Gasteiger partial charge in [-0.25, -0.2) is 13.2 Å². The summed E-state index contributed by atoms with van der Waals surface area (Å²) in [7, 11) is 0. The number of aliphatic hydroxyl groups is 1. The maximum absolute atomic E-state index is 13.3. The number of rotatable bonds is 4. The minimum atomic E-state index is -4.15. The second-order valence-electron chi connectivity index (χ2n) is 3.75. The largest absolute Gasteiger partial charge is 0.382 e. The lowest BCUT2D eigenvalue weighted by Gasteiger charge is -2.22. The number of ketones is 1. The molecule has 1 aromatic rings. The Hall–Kier alpha value is -1.02. The first kappa shape index (κ1) is 16.0. The summed E-state index contributed by atoms with van der Waals surface area (Å²) < 4.78 is 64.3. The molecule has 0 aliphatic carbocycles. The molecule has 0 amide bonds. The van der Waals surface area contributed by atoms with Crippen LogP contribution in [0.25, 0.3) is 0 Å². The normalized spacial score (nSPS) is 13.7. The van der Waals surface area contributed by atoms with Gasteiger partial charge in [0.2, 0.25) is 5.78 Å². The molecule has 2 nitrogen and oxygen atoms in total. The van der Waals surface area contributed by atoms with Crippen molar-refractivity contribution in [2.75, 3.05) is 0 Å². The second-order valence-corrected chi connectivity index (χ2v) is 4.54. The fourth-order valence-corrected chi connectivity index (χ4v) is 2.10. The Balaban J connectivity index is 3.38. The summed E-state index contributed by atoms with van der Waals surface area (Å²) in [6, 6.07) is 1.24. The van der Waals surface area contributed by atoms with Crippen LogP contribution in [0.5, 0.6) is 0 Å². The fourth-order valence-electron chi connectivity index (χ4n) is 1.39. The van der Waals surface area contributed by atoms with Gasteiger partial charge >= 0.3 is 5.92 Å². The highest BCUT2D eigenvalue weighted by Crippen LogP contribution is 2.40. The average molecular weight is 347 g/mol. The highest BCUT2D eigenvalue weighted by molar-refractivity contribution is 9.10. The molecule has 0 bridgehead atoms. The van der Waals surface area contributed by atoms with Crippen LogP contribution < -0.4 is 0 Å². The molecule has 1 N–H and O–H groups in total. The summed E-state index contributed by atoms with van der Waals surface area (Å²) in [6.45, 7) is 0.550. The van der Waals surface area contributed by atoms with E-state index in [9.17, 15) is 31.9 Å². The number of carbonyl (C=O) groups excluding carboxylic acids is 1. The maximum atomic E-state index is 13.3. The fraction of sp³-hybridized carbons (Fsp3) is 0.364. The van der Waals surface area contributed by atoms with Crippen LogP contribution in [0.4, 0.5) is 22.0 Å². The predicted octanol–water partition coefficient (Wildman–Crippen LogP) is 3.78. The number of benzene rings is 1. The molecule has 1 atom stereocenters. The van der Waals surface area contributed by atoms with Gasteiger partial charge in [0.05, 0.1) is 5.56 Å². The minimum Gasteiger partial charge on any atom is -0.382 e. The summed E-state index contributed by atoms with van der Waals surface area (Å²) >= 11 is 2.55. The van der Waals surface area contributed by atoms with Crippen LogP contribution in [-0.2, 0) is 4.79 Å². The third-order valence-electron chi connectivity index (χ3n) is 2.48. The number of hydrogen-bond donors (Lipinski definition) is 1. The molecule has 0 radical (unpaired) electrons. The zero-order valence-corrected chi connectivity index (χ0v) is 11.0. The molecular weight excluding hydrogens is 339 g/mol. The topological polar surface area (TPSA) is 37.3 Å². The summed E-state index contributed by atoms with van der Waals surface area (Å²) in [6.07, 6.45) is -5.90. The van der Waals surface area contributed by atoms with Crippen molar-refractivity contribution in [3.05, 3.63) is 33.5 Å². The Labute approximate surface area is 113 Å². The Morgan fingerprint density at radius 2 is 1.89 bits per heavy atom. The molecule has 8 heteroatoms. The van der Waals surface area contributed by atoms with E-state index in [4.69, 9.17) is 0 Å². The monoisotopic (exact) mass is 346 g/mol. The number of hydrogen-bond acceptors (Lipinski definition) is 2. The molecule has 0 fully saturated rings. The highest BCUT2D eigenvalue weighted by atomic mass is 79.9. The number of alkyl halides is 4. The van der Waals surface area contributed by atoms with Crippen LogP contribution in [0.15, 0.2) is 16.6 Å². The summed E-state index contributed by atoms with van der Waals surface area (Å²) in [5.41, 5.74) is -1.83. The van der Waals surface area contributed by atoms with E-state index >= 15 is 0 Å². The quantitative estimate of drug-likeness (QED) is 0.842. The molecule has 106 valence electrons. The van der Waals surface area contributed by atoms with Gasteiger partial charge in [0.25, 0.3) is 6.43 Å². The Kier molecular flexibility index (Phi) is 4.67. The lowest BCUT2D eigenvalue weighted by Crippen LogP contribution is -2.34. The molecule has 0 saturated carbocycles. The molecule has 0 saturated heterocycles. The van der Waals surface area contributed by atoms with E-state index < -0.39 is 45.7 Å². The van der Waals surface area contributed by atoms with Crippen LogP contribution in [0.2, 0.25) is 0 Å². The molecule has 19 heavy (non-hydrogen) atoms. The van der Waals surface area contributed by atoms with Gasteiger partial charge in [0.15, 0.2) is 6.10 Å². The lowest BCUT2D eigenvalue weighted by atomic mass is 9.99. The van der Waals surface area contributed by atoms with E-state index in [2.05, 4.69) is 15.9 Å². The van der Waals surface area contributed by atoms with Crippen LogP contribution in [0.1, 0.15) is 30.6 Å². The molecule has 1 unspecified atom stereocenters. The van der Waals surface area contributed by atoms with Gasteiger partial charge in [-0.05, 0) is 22.0 Å². The number of aliphatic hydroxyl groups excluding tert-OH is 1. The lowest BCUT2D eigenvalue weighted by molar-refractivity contribution is -0.159. The van der Waals surface area contributed by atoms with E-state index in [1.807, 2.05) is 0 Å². The minimum absolute atomic E-state index is 0.529. The molecule has 0 spiro atoms. The molecule has 0 heterocycles. The second kappa shape index (κ2) is 5.54. The van der Waals surface area contributed by atoms with Crippen molar-refractivity contribution < 1.29 is 31.9 Å². The van der Waals surface area contributed by atoms with Crippen LogP contribution in [0, 0.1) is 5.82 Å². The Bertz CT molecular complexity index is 504. The van der Waals surface area contributed by atoms with Crippen molar-refractivity contribution in [2.45, 2.75) is 25.4 Å². The van der Waals surface area contributed by atoms with Gasteiger partial charge in [-0.1, -0.05) is 6.07 Å². The number of carbonyl (C=O) groups is 1. The standard InChI is InChI=1S/C11H8BrF5O2/c1-4(18)11(16,17)9(19)5-2-3-6(13)7(8(5)12)10(14)15/h2-3,9-10,19H,1H3. The van der Waals surface area contributed by atoms with Gasteiger partial charge in [-0.3, -0.25) is 4.79 Å². The first-order chi connectivity index (χ1) is 8.60. The first-order valence-electron chi connectivity index (χ1n) is 4.93. The van der Waals surface area contributed by atoms with Gasteiger partial charge in [0.1, 0.15) is 5.82 Å². The van der Waals surface area contributed by atoms with Crippen LogP contribution in [0.3, 0.4) is 0 Å². The maximum Gasteiger partial charge on any atom is 0.334 e. The van der Waals surface area contributed by atoms with E-state index in [0.29, 0.717) is 19.1 Å². The highest BCUT2D eigenvalue weighted by Gasteiger charge is 2.45. The van der Waals surface area contributed by atoms with Crippen molar-refractivity contribution in [1.82, 2.24) is 0 Å². The third-order valence-corrected chi connectivity index (χ3v) is 3.37.